The van der Waals surface area contributed by atoms with E-state index in [4.69, 9.17) is 0 Å². The molecular weight excluding hydrogens is 270 g/mol. The van der Waals surface area contributed by atoms with Crippen molar-refractivity contribution in [2.75, 3.05) is 19.6 Å². The maximum atomic E-state index is 12.1. The van der Waals surface area contributed by atoms with E-state index in [0.29, 0.717) is 37.4 Å². The molecule has 0 unspecified atom stereocenters. The number of nitrogens with zero attached hydrogens (tertiary/aromatic N) is 4. The molecule has 7 nitrogen and oxygen atoms in total. The lowest BCUT2D eigenvalue weighted by Gasteiger charge is -2.16. The number of carbonyl (C=O) groups excluding carboxylic acids is 1. The average molecular weight is 289 g/mol. The maximum Gasteiger partial charge on any atom is 0.277 e. The van der Waals surface area contributed by atoms with Crippen LogP contribution in [0.3, 0.4) is 0 Å². The standard InChI is InChI=1S/C14H19N5O2/c1-17-12(16-19-8-2-4-11(19)14(17)21)10-15-6-9-18-7-3-5-13(18)20/h2,4,8,15H,3,5-7,9-10H2,1H3. The second kappa shape index (κ2) is 5.69. The van der Waals surface area contributed by atoms with E-state index in [1.54, 1.807) is 34.5 Å². The lowest BCUT2D eigenvalue weighted by molar-refractivity contribution is -0.127. The van der Waals surface area contributed by atoms with Crippen LogP contribution in [0.15, 0.2) is 23.1 Å². The highest BCUT2D eigenvalue weighted by atomic mass is 16.2. The topological polar surface area (TPSA) is 71.6 Å². The Labute approximate surface area is 122 Å². The molecule has 7 heteroatoms. The van der Waals surface area contributed by atoms with Gasteiger partial charge in [0.1, 0.15) is 11.3 Å². The van der Waals surface area contributed by atoms with E-state index in [1.807, 2.05) is 4.90 Å². The van der Waals surface area contributed by atoms with E-state index in [0.717, 1.165) is 13.0 Å². The van der Waals surface area contributed by atoms with Gasteiger partial charge in [-0.25, -0.2) is 4.52 Å². The lowest BCUT2D eigenvalue weighted by atomic mass is 10.4. The highest BCUT2D eigenvalue weighted by Gasteiger charge is 2.19. The molecule has 1 fully saturated rings. The average Bonchev–Trinajstić information content (AvgIpc) is 3.09. The number of aromatic nitrogens is 3. The van der Waals surface area contributed by atoms with Crippen LogP contribution in [-0.2, 0) is 18.4 Å². The number of fused-ring (bicyclic) bond motifs is 1. The van der Waals surface area contributed by atoms with Gasteiger partial charge in [-0.05, 0) is 18.6 Å². The van der Waals surface area contributed by atoms with Crippen molar-refractivity contribution in [3.05, 3.63) is 34.5 Å². The molecule has 112 valence electrons. The molecule has 3 rings (SSSR count). The summed E-state index contributed by atoms with van der Waals surface area (Å²) in [6, 6.07) is 3.56. The first-order valence-electron chi connectivity index (χ1n) is 7.18. The highest BCUT2D eigenvalue weighted by molar-refractivity contribution is 5.78. The third-order valence-electron chi connectivity index (χ3n) is 3.88. The fraction of sp³-hybridized carbons (Fsp3) is 0.500. The number of nitrogens with one attached hydrogen (secondary N) is 1. The third-order valence-corrected chi connectivity index (χ3v) is 3.88. The Bertz CT molecular complexity index is 718. The van der Waals surface area contributed by atoms with Crippen molar-refractivity contribution in [1.82, 2.24) is 24.4 Å². The molecule has 2 aromatic heterocycles. The van der Waals surface area contributed by atoms with Crippen LogP contribution >= 0.6 is 0 Å². The predicted octanol–water partition coefficient (Wildman–Crippen LogP) is -0.255. The Morgan fingerprint density at radius 2 is 2.24 bits per heavy atom. The van der Waals surface area contributed by atoms with Crippen molar-refractivity contribution >= 4 is 11.4 Å². The molecule has 1 amide bonds. The molecular formula is C14H19N5O2. The van der Waals surface area contributed by atoms with Crippen LogP contribution in [0.5, 0.6) is 0 Å². The van der Waals surface area contributed by atoms with Crippen molar-refractivity contribution in [2.24, 2.45) is 7.05 Å². The van der Waals surface area contributed by atoms with Gasteiger partial charge in [0.15, 0.2) is 0 Å². The van der Waals surface area contributed by atoms with Gasteiger partial charge in [0, 0.05) is 39.3 Å². The summed E-state index contributed by atoms with van der Waals surface area (Å²) in [5, 5.41) is 7.66. The molecule has 0 saturated carbocycles. The molecule has 2 aromatic rings. The van der Waals surface area contributed by atoms with Gasteiger partial charge < -0.3 is 10.2 Å². The van der Waals surface area contributed by atoms with E-state index >= 15 is 0 Å². The number of rotatable bonds is 5. The molecule has 0 radical (unpaired) electrons. The van der Waals surface area contributed by atoms with E-state index in [1.165, 1.54) is 0 Å². The van der Waals surface area contributed by atoms with Crippen molar-refractivity contribution in [3.63, 3.8) is 0 Å². The fourth-order valence-electron chi connectivity index (χ4n) is 2.62. The smallest absolute Gasteiger partial charge is 0.277 e. The Balaban J connectivity index is 1.61. The highest BCUT2D eigenvalue weighted by Crippen LogP contribution is 2.08. The second-order valence-electron chi connectivity index (χ2n) is 5.28. The molecule has 0 bridgehead atoms. The first kappa shape index (κ1) is 13.8. The lowest BCUT2D eigenvalue weighted by Crippen LogP contribution is -2.34. The van der Waals surface area contributed by atoms with Crippen molar-refractivity contribution < 1.29 is 4.79 Å². The van der Waals surface area contributed by atoms with Crippen LogP contribution in [0.2, 0.25) is 0 Å². The van der Waals surface area contributed by atoms with Gasteiger partial charge in [-0.15, -0.1) is 0 Å². The van der Waals surface area contributed by atoms with Gasteiger partial charge >= 0.3 is 0 Å². The number of likely N-dealkylation sites (tertiary alicyclic amines) is 1. The van der Waals surface area contributed by atoms with Crippen LogP contribution in [-0.4, -0.2) is 44.6 Å². The van der Waals surface area contributed by atoms with Gasteiger partial charge in [-0.1, -0.05) is 0 Å². The zero-order chi connectivity index (χ0) is 14.8. The van der Waals surface area contributed by atoms with Crippen LogP contribution in [0.4, 0.5) is 0 Å². The monoisotopic (exact) mass is 289 g/mol. The van der Waals surface area contributed by atoms with Crippen LogP contribution in [0.1, 0.15) is 18.7 Å². The fourth-order valence-corrected chi connectivity index (χ4v) is 2.62. The molecule has 1 N–H and O–H groups in total. The number of carbonyl (C=O) groups is 1. The summed E-state index contributed by atoms with van der Waals surface area (Å²) in [6.45, 7) is 2.76. The van der Waals surface area contributed by atoms with Gasteiger partial charge in [-0.3, -0.25) is 14.2 Å². The number of hydrogen-bond donors (Lipinski definition) is 1. The second-order valence-corrected chi connectivity index (χ2v) is 5.28. The van der Waals surface area contributed by atoms with Crippen molar-refractivity contribution in [3.8, 4) is 0 Å². The van der Waals surface area contributed by atoms with E-state index in [9.17, 15) is 9.59 Å². The molecule has 3 heterocycles. The molecule has 1 saturated heterocycles. The zero-order valence-corrected chi connectivity index (χ0v) is 12.1. The quantitative estimate of drug-likeness (QED) is 0.770. The molecule has 0 spiro atoms. The summed E-state index contributed by atoms with van der Waals surface area (Å²) in [5.41, 5.74) is 0.519. The van der Waals surface area contributed by atoms with Crippen LogP contribution in [0, 0.1) is 0 Å². The Hall–Kier alpha value is -2.15. The van der Waals surface area contributed by atoms with Crippen molar-refractivity contribution in [1.29, 1.82) is 0 Å². The summed E-state index contributed by atoms with van der Waals surface area (Å²) in [6.07, 6.45) is 3.39. The summed E-state index contributed by atoms with van der Waals surface area (Å²) in [5.74, 6) is 0.910. The normalized spacial score (nSPS) is 15.3. The minimum atomic E-state index is -0.0541. The van der Waals surface area contributed by atoms with E-state index in [2.05, 4.69) is 10.4 Å². The van der Waals surface area contributed by atoms with E-state index < -0.39 is 0 Å². The molecule has 1 aliphatic rings. The Morgan fingerprint density at radius 1 is 1.38 bits per heavy atom. The first-order chi connectivity index (χ1) is 10.2. The van der Waals surface area contributed by atoms with Gasteiger partial charge in [0.05, 0.1) is 6.54 Å². The van der Waals surface area contributed by atoms with Crippen LogP contribution < -0.4 is 10.9 Å². The summed E-state index contributed by atoms with van der Waals surface area (Å²) >= 11 is 0. The summed E-state index contributed by atoms with van der Waals surface area (Å²) < 4.78 is 3.16. The minimum Gasteiger partial charge on any atom is -0.341 e. The largest absolute Gasteiger partial charge is 0.341 e. The molecule has 0 aliphatic carbocycles. The Kier molecular flexibility index (Phi) is 3.74. The molecule has 21 heavy (non-hydrogen) atoms. The molecule has 0 atom stereocenters. The maximum absolute atomic E-state index is 12.1. The van der Waals surface area contributed by atoms with Gasteiger partial charge in [0.2, 0.25) is 5.91 Å². The zero-order valence-electron chi connectivity index (χ0n) is 12.1. The number of hydrogen-bond acceptors (Lipinski definition) is 4. The minimum absolute atomic E-state index is 0.0541. The first-order valence-corrected chi connectivity index (χ1v) is 7.18. The van der Waals surface area contributed by atoms with Crippen molar-refractivity contribution in [2.45, 2.75) is 19.4 Å². The molecule has 0 aromatic carbocycles. The SMILES string of the molecule is Cn1c(CNCCN2CCCC2=O)nn2cccc2c1=O. The summed E-state index contributed by atoms with van der Waals surface area (Å²) in [4.78, 5) is 25.5. The van der Waals surface area contributed by atoms with Gasteiger partial charge in [0.25, 0.3) is 5.56 Å². The summed E-state index contributed by atoms with van der Waals surface area (Å²) in [7, 11) is 1.73. The van der Waals surface area contributed by atoms with E-state index in [-0.39, 0.29) is 11.5 Å². The predicted molar refractivity (Wildman–Crippen MR) is 78.0 cm³/mol. The number of amides is 1. The third kappa shape index (κ3) is 2.69. The van der Waals surface area contributed by atoms with Crippen LogP contribution in [0.25, 0.3) is 5.52 Å². The van der Waals surface area contributed by atoms with Gasteiger partial charge in [-0.2, -0.15) is 5.10 Å². The Morgan fingerprint density at radius 3 is 3.00 bits per heavy atom. The molecule has 1 aliphatic heterocycles.